The van der Waals surface area contributed by atoms with E-state index in [9.17, 15) is 9.59 Å². The molecule has 0 bridgehead atoms. The highest BCUT2D eigenvalue weighted by molar-refractivity contribution is 6.44. The average Bonchev–Trinajstić information content (AvgIpc) is 2.26. The molecule has 1 unspecified atom stereocenters. The van der Waals surface area contributed by atoms with Crippen molar-refractivity contribution in [3.63, 3.8) is 0 Å². The van der Waals surface area contributed by atoms with Crippen LogP contribution in [0.3, 0.4) is 0 Å². The number of carbonyl (C=O) groups excluding carboxylic acids is 2. The van der Waals surface area contributed by atoms with Gasteiger partial charge in [0.05, 0.1) is 0 Å². The molecule has 0 aliphatic heterocycles. The molecule has 2 nitrogen and oxygen atoms in total. The SMILES string of the molecule is Cc1ccc(C(=O)C(Cl)C(=O)C(C)(C)C)cc1. The molecule has 0 saturated heterocycles. The standard InChI is InChI=1S/C14H17ClO2/c1-9-5-7-10(8-6-9)12(16)11(15)13(17)14(2,3)4/h5-8,11H,1-4H3. The van der Waals surface area contributed by atoms with Gasteiger partial charge in [-0.25, -0.2) is 0 Å². The van der Waals surface area contributed by atoms with Crippen LogP contribution in [0.1, 0.15) is 36.7 Å². The number of aryl methyl sites for hydroxylation is 1. The number of rotatable bonds is 3. The second-order valence-electron chi connectivity index (χ2n) is 5.21. The minimum Gasteiger partial charge on any atom is -0.297 e. The van der Waals surface area contributed by atoms with Gasteiger partial charge in [0.25, 0.3) is 0 Å². The van der Waals surface area contributed by atoms with Gasteiger partial charge in [-0.2, -0.15) is 0 Å². The topological polar surface area (TPSA) is 34.1 Å². The lowest BCUT2D eigenvalue weighted by Crippen LogP contribution is -2.34. The molecule has 0 amide bonds. The lowest BCUT2D eigenvalue weighted by molar-refractivity contribution is -0.125. The number of alkyl halides is 1. The summed E-state index contributed by atoms with van der Waals surface area (Å²) >= 11 is 5.94. The maximum atomic E-state index is 12.0. The van der Waals surface area contributed by atoms with Crippen molar-refractivity contribution in [1.29, 1.82) is 0 Å². The maximum Gasteiger partial charge on any atom is 0.188 e. The van der Waals surface area contributed by atoms with Gasteiger partial charge in [-0.15, -0.1) is 11.6 Å². The van der Waals surface area contributed by atoms with E-state index in [2.05, 4.69) is 0 Å². The summed E-state index contributed by atoms with van der Waals surface area (Å²) in [7, 11) is 0. The van der Waals surface area contributed by atoms with Crippen LogP contribution in [0.15, 0.2) is 24.3 Å². The van der Waals surface area contributed by atoms with E-state index >= 15 is 0 Å². The number of hydrogen-bond acceptors (Lipinski definition) is 2. The van der Waals surface area contributed by atoms with Crippen LogP contribution in [0, 0.1) is 12.3 Å². The summed E-state index contributed by atoms with van der Waals surface area (Å²) in [4.78, 5) is 23.9. The molecule has 17 heavy (non-hydrogen) atoms. The van der Waals surface area contributed by atoms with Gasteiger partial charge in [-0.05, 0) is 6.92 Å². The van der Waals surface area contributed by atoms with Gasteiger partial charge < -0.3 is 0 Å². The van der Waals surface area contributed by atoms with Gasteiger partial charge in [0.1, 0.15) is 0 Å². The Morgan fingerprint density at radius 3 is 2.00 bits per heavy atom. The first-order valence-electron chi connectivity index (χ1n) is 5.53. The van der Waals surface area contributed by atoms with Crippen molar-refractivity contribution in [2.24, 2.45) is 5.41 Å². The van der Waals surface area contributed by atoms with E-state index < -0.39 is 10.8 Å². The van der Waals surface area contributed by atoms with Crippen molar-refractivity contribution >= 4 is 23.2 Å². The molecule has 92 valence electrons. The third-order valence-electron chi connectivity index (χ3n) is 2.54. The van der Waals surface area contributed by atoms with Crippen LogP contribution in [0.2, 0.25) is 0 Å². The molecule has 0 radical (unpaired) electrons. The first-order valence-corrected chi connectivity index (χ1v) is 5.96. The molecule has 3 heteroatoms. The Morgan fingerprint density at radius 1 is 1.12 bits per heavy atom. The molecule has 0 aliphatic carbocycles. The summed E-state index contributed by atoms with van der Waals surface area (Å²) in [6.07, 6.45) is 0. The van der Waals surface area contributed by atoms with Gasteiger partial charge >= 0.3 is 0 Å². The summed E-state index contributed by atoms with van der Waals surface area (Å²) in [5.41, 5.74) is 0.940. The zero-order chi connectivity index (χ0) is 13.2. The third kappa shape index (κ3) is 3.40. The molecule has 1 atom stereocenters. The number of ketones is 2. The van der Waals surface area contributed by atoms with Gasteiger partial charge in [0, 0.05) is 11.0 Å². The van der Waals surface area contributed by atoms with Crippen LogP contribution in [-0.2, 0) is 4.79 Å². The Bertz CT molecular complexity index is 427. The summed E-state index contributed by atoms with van der Waals surface area (Å²) in [5.74, 6) is -0.573. The lowest BCUT2D eigenvalue weighted by atomic mass is 9.86. The zero-order valence-corrected chi connectivity index (χ0v) is 11.3. The minimum atomic E-state index is -1.10. The molecule has 1 aromatic rings. The molecule has 0 aliphatic rings. The van der Waals surface area contributed by atoms with Crippen LogP contribution in [-0.4, -0.2) is 16.9 Å². The Morgan fingerprint density at radius 2 is 1.59 bits per heavy atom. The van der Waals surface area contributed by atoms with Crippen molar-refractivity contribution in [3.8, 4) is 0 Å². The molecular formula is C14H17ClO2. The first-order chi connectivity index (χ1) is 7.73. The molecule has 0 spiro atoms. The van der Waals surface area contributed by atoms with Crippen LogP contribution >= 0.6 is 11.6 Å². The summed E-state index contributed by atoms with van der Waals surface area (Å²) < 4.78 is 0. The number of Topliss-reactive ketones (excluding diaryl/α,β-unsaturated/α-hetero) is 2. The van der Waals surface area contributed by atoms with Gasteiger partial charge in [-0.3, -0.25) is 9.59 Å². The summed E-state index contributed by atoms with van der Waals surface area (Å²) in [5, 5.41) is -1.10. The van der Waals surface area contributed by atoms with Crippen LogP contribution in [0.25, 0.3) is 0 Å². The third-order valence-corrected chi connectivity index (χ3v) is 2.93. The Balaban J connectivity index is 2.91. The van der Waals surface area contributed by atoms with Crippen LogP contribution in [0.4, 0.5) is 0 Å². The first kappa shape index (κ1) is 13.9. The fourth-order valence-corrected chi connectivity index (χ4v) is 1.82. The molecule has 0 fully saturated rings. The quantitative estimate of drug-likeness (QED) is 0.469. The predicted molar refractivity (Wildman–Crippen MR) is 69.6 cm³/mol. The molecule has 1 rings (SSSR count). The van der Waals surface area contributed by atoms with Crippen molar-refractivity contribution in [2.75, 3.05) is 0 Å². The van der Waals surface area contributed by atoms with Gasteiger partial charge in [0.2, 0.25) is 0 Å². The number of carbonyl (C=O) groups is 2. The van der Waals surface area contributed by atoms with Crippen LogP contribution in [0.5, 0.6) is 0 Å². The highest BCUT2D eigenvalue weighted by atomic mass is 35.5. The smallest absolute Gasteiger partial charge is 0.188 e. The van der Waals surface area contributed by atoms with E-state index in [1.165, 1.54) is 0 Å². The van der Waals surface area contributed by atoms with E-state index in [0.29, 0.717) is 5.56 Å². The molecule has 0 saturated carbocycles. The molecule has 0 heterocycles. The van der Waals surface area contributed by atoms with E-state index in [1.807, 2.05) is 19.1 Å². The van der Waals surface area contributed by atoms with E-state index in [-0.39, 0.29) is 11.6 Å². The summed E-state index contributed by atoms with van der Waals surface area (Å²) in [6, 6.07) is 7.06. The minimum absolute atomic E-state index is 0.246. The Hall–Kier alpha value is -1.15. The van der Waals surface area contributed by atoms with Crippen molar-refractivity contribution in [2.45, 2.75) is 33.1 Å². The molecule has 0 aromatic heterocycles. The van der Waals surface area contributed by atoms with E-state index in [4.69, 9.17) is 11.6 Å². The molecule has 1 aromatic carbocycles. The Kier molecular flexibility index (Phi) is 4.10. The fraction of sp³-hybridized carbons (Fsp3) is 0.429. The maximum absolute atomic E-state index is 12.0. The normalized spacial score (nSPS) is 13.2. The summed E-state index contributed by atoms with van der Waals surface area (Å²) in [6.45, 7) is 7.21. The number of benzene rings is 1. The zero-order valence-electron chi connectivity index (χ0n) is 10.6. The van der Waals surface area contributed by atoms with Crippen LogP contribution < -0.4 is 0 Å². The van der Waals surface area contributed by atoms with Crippen molar-refractivity contribution in [3.05, 3.63) is 35.4 Å². The second-order valence-corrected chi connectivity index (χ2v) is 5.64. The van der Waals surface area contributed by atoms with Crippen molar-refractivity contribution < 1.29 is 9.59 Å². The predicted octanol–water partition coefficient (Wildman–Crippen LogP) is 3.40. The monoisotopic (exact) mass is 252 g/mol. The Labute approximate surface area is 107 Å². The molecule has 0 N–H and O–H groups in total. The van der Waals surface area contributed by atoms with Gasteiger partial charge in [0.15, 0.2) is 16.9 Å². The number of hydrogen-bond donors (Lipinski definition) is 0. The highest BCUT2D eigenvalue weighted by Gasteiger charge is 2.33. The number of halogens is 1. The largest absolute Gasteiger partial charge is 0.297 e. The highest BCUT2D eigenvalue weighted by Crippen LogP contribution is 2.22. The average molecular weight is 253 g/mol. The lowest BCUT2D eigenvalue weighted by Gasteiger charge is -2.19. The van der Waals surface area contributed by atoms with Crippen molar-refractivity contribution in [1.82, 2.24) is 0 Å². The van der Waals surface area contributed by atoms with E-state index in [1.54, 1.807) is 32.9 Å². The van der Waals surface area contributed by atoms with E-state index in [0.717, 1.165) is 5.56 Å². The molecular weight excluding hydrogens is 236 g/mol. The van der Waals surface area contributed by atoms with Gasteiger partial charge in [-0.1, -0.05) is 50.6 Å². The fourth-order valence-electron chi connectivity index (χ4n) is 1.36. The second kappa shape index (κ2) is 5.01.